The molecule has 0 aromatic heterocycles. The minimum absolute atomic E-state index is 0.431. The zero-order valence-corrected chi connectivity index (χ0v) is 11.2. The van der Waals surface area contributed by atoms with Crippen molar-refractivity contribution in [2.24, 2.45) is 11.7 Å². The van der Waals surface area contributed by atoms with Gasteiger partial charge < -0.3 is 5.73 Å². The Morgan fingerprint density at radius 2 is 1.80 bits per heavy atom. The van der Waals surface area contributed by atoms with Crippen LogP contribution in [0.25, 0.3) is 0 Å². The van der Waals surface area contributed by atoms with E-state index in [-0.39, 0.29) is 0 Å². The Morgan fingerprint density at radius 1 is 1.20 bits per heavy atom. The van der Waals surface area contributed by atoms with E-state index in [0.717, 1.165) is 11.2 Å². The average Bonchev–Trinajstić information content (AvgIpc) is 2.75. The van der Waals surface area contributed by atoms with Gasteiger partial charge in [-0.15, -0.1) is 0 Å². The van der Waals surface area contributed by atoms with Crippen LogP contribution in [0.2, 0.25) is 0 Å². The fourth-order valence-corrected chi connectivity index (χ4v) is 3.76. The number of hydrogen-bond donors (Lipinski definition) is 1. The van der Waals surface area contributed by atoms with E-state index in [9.17, 15) is 0 Å². The Bertz CT molecular complexity index is 151. The number of rotatable bonds is 7. The van der Waals surface area contributed by atoms with Gasteiger partial charge in [0.05, 0.1) is 0 Å². The highest BCUT2D eigenvalue weighted by Gasteiger charge is 2.17. The van der Waals surface area contributed by atoms with Crippen LogP contribution in [-0.4, -0.2) is 17.0 Å². The third-order valence-electron chi connectivity index (χ3n) is 3.64. The molecule has 90 valence electrons. The molecule has 1 saturated carbocycles. The van der Waals surface area contributed by atoms with E-state index in [0.29, 0.717) is 6.04 Å². The molecule has 0 aliphatic heterocycles. The fourth-order valence-electron chi connectivity index (χ4n) is 2.43. The van der Waals surface area contributed by atoms with E-state index in [2.05, 4.69) is 25.6 Å². The topological polar surface area (TPSA) is 26.0 Å². The Morgan fingerprint density at radius 3 is 2.33 bits per heavy atom. The second-order valence-corrected chi connectivity index (χ2v) is 6.25. The van der Waals surface area contributed by atoms with Crippen LogP contribution in [0.4, 0.5) is 0 Å². The first-order valence-electron chi connectivity index (χ1n) is 6.63. The highest BCUT2D eigenvalue weighted by molar-refractivity contribution is 7.99. The van der Waals surface area contributed by atoms with Crippen molar-refractivity contribution < 1.29 is 0 Å². The van der Waals surface area contributed by atoms with Gasteiger partial charge in [0, 0.05) is 17.0 Å². The van der Waals surface area contributed by atoms with Crippen LogP contribution in [0.3, 0.4) is 0 Å². The molecule has 2 heteroatoms. The summed E-state index contributed by atoms with van der Waals surface area (Å²) < 4.78 is 0. The van der Waals surface area contributed by atoms with Crippen LogP contribution in [0.15, 0.2) is 0 Å². The second kappa shape index (κ2) is 7.56. The quantitative estimate of drug-likeness (QED) is 0.718. The largest absolute Gasteiger partial charge is 0.327 e. The minimum atomic E-state index is 0.431. The van der Waals surface area contributed by atoms with Gasteiger partial charge in [0.1, 0.15) is 0 Å². The summed E-state index contributed by atoms with van der Waals surface area (Å²) in [6.45, 7) is 4.57. The first-order valence-corrected chi connectivity index (χ1v) is 7.68. The summed E-state index contributed by atoms with van der Waals surface area (Å²) in [5.74, 6) is 2.03. The third-order valence-corrected chi connectivity index (χ3v) is 5.20. The molecule has 1 unspecified atom stereocenters. The van der Waals surface area contributed by atoms with E-state index in [1.165, 1.54) is 50.7 Å². The molecule has 1 nitrogen and oxygen atoms in total. The maximum atomic E-state index is 6.18. The highest BCUT2D eigenvalue weighted by atomic mass is 32.2. The van der Waals surface area contributed by atoms with Crippen LogP contribution in [0, 0.1) is 5.92 Å². The molecule has 0 radical (unpaired) electrons. The predicted molar refractivity (Wildman–Crippen MR) is 71.4 cm³/mol. The summed E-state index contributed by atoms with van der Waals surface area (Å²) in [6, 6.07) is 0.431. The Balaban J connectivity index is 2.08. The first kappa shape index (κ1) is 13.4. The lowest BCUT2D eigenvalue weighted by Crippen LogP contribution is -2.26. The standard InChI is InChI=1S/C13H27NS/c1-3-11(4-2)9-12(14)10-15-13-7-5-6-8-13/h11-13H,3-10,14H2,1-2H3. The van der Waals surface area contributed by atoms with Gasteiger partial charge in [-0.05, 0) is 25.2 Å². The van der Waals surface area contributed by atoms with Crippen molar-refractivity contribution in [3.8, 4) is 0 Å². The van der Waals surface area contributed by atoms with Gasteiger partial charge in [-0.1, -0.05) is 39.5 Å². The molecule has 0 saturated heterocycles. The molecule has 0 bridgehead atoms. The lowest BCUT2D eigenvalue weighted by molar-refractivity contribution is 0.423. The van der Waals surface area contributed by atoms with Gasteiger partial charge in [-0.3, -0.25) is 0 Å². The smallest absolute Gasteiger partial charge is 0.0133 e. The van der Waals surface area contributed by atoms with Gasteiger partial charge in [-0.25, -0.2) is 0 Å². The van der Waals surface area contributed by atoms with E-state index in [1.807, 2.05) is 0 Å². The second-order valence-electron chi connectivity index (χ2n) is 4.92. The van der Waals surface area contributed by atoms with Crippen molar-refractivity contribution in [1.29, 1.82) is 0 Å². The Kier molecular flexibility index (Phi) is 6.74. The molecule has 0 aromatic rings. The van der Waals surface area contributed by atoms with Crippen LogP contribution in [0.5, 0.6) is 0 Å². The van der Waals surface area contributed by atoms with Crippen LogP contribution >= 0.6 is 11.8 Å². The molecule has 0 amide bonds. The molecular formula is C13H27NS. The molecule has 1 fully saturated rings. The number of nitrogens with two attached hydrogens (primary N) is 1. The predicted octanol–water partition coefficient (Wildman–Crippen LogP) is 3.82. The molecule has 2 N–H and O–H groups in total. The van der Waals surface area contributed by atoms with Gasteiger partial charge in [-0.2, -0.15) is 11.8 Å². The van der Waals surface area contributed by atoms with Crippen LogP contribution < -0.4 is 5.73 Å². The van der Waals surface area contributed by atoms with Crippen molar-refractivity contribution >= 4 is 11.8 Å². The molecule has 0 heterocycles. The molecule has 1 atom stereocenters. The Labute approximate surface area is 99.6 Å². The van der Waals surface area contributed by atoms with Crippen LogP contribution in [-0.2, 0) is 0 Å². The number of hydrogen-bond acceptors (Lipinski definition) is 2. The van der Waals surface area contributed by atoms with E-state index in [1.54, 1.807) is 0 Å². The summed E-state index contributed by atoms with van der Waals surface area (Å²) in [5.41, 5.74) is 6.18. The van der Waals surface area contributed by atoms with Crippen LogP contribution in [0.1, 0.15) is 58.8 Å². The van der Waals surface area contributed by atoms with Crippen molar-refractivity contribution in [1.82, 2.24) is 0 Å². The third kappa shape index (κ3) is 5.26. The molecule has 1 rings (SSSR count). The zero-order chi connectivity index (χ0) is 11.1. The van der Waals surface area contributed by atoms with Crippen molar-refractivity contribution in [3.05, 3.63) is 0 Å². The lowest BCUT2D eigenvalue weighted by atomic mass is 9.96. The van der Waals surface area contributed by atoms with Gasteiger partial charge >= 0.3 is 0 Å². The van der Waals surface area contributed by atoms with Crippen molar-refractivity contribution in [3.63, 3.8) is 0 Å². The first-order chi connectivity index (χ1) is 7.26. The molecule has 15 heavy (non-hydrogen) atoms. The minimum Gasteiger partial charge on any atom is -0.327 e. The molecule has 1 aliphatic rings. The molecule has 1 aliphatic carbocycles. The maximum Gasteiger partial charge on any atom is 0.0133 e. The van der Waals surface area contributed by atoms with Crippen molar-refractivity contribution in [2.45, 2.75) is 70.1 Å². The highest BCUT2D eigenvalue weighted by Crippen LogP contribution is 2.30. The lowest BCUT2D eigenvalue weighted by Gasteiger charge is -2.19. The summed E-state index contributed by atoms with van der Waals surface area (Å²) in [4.78, 5) is 0. The van der Waals surface area contributed by atoms with Gasteiger partial charge in [0.25, 0.3) is 0 Å². The van der Waals surface area contributed by atoms with Crippen molar-refractivity contribution in [2.75, 3.05) is 5.75 Å². The Hall–Kier alpha value is 0.310. The summed E-state index contributed by atoms with van der Waals surface area (Å²) >= 11 is 2.13. The van der Waals surface area contributed by atoms with Gasteiger partial charge in [0.15, 0.2) is 0 Å². The normalized spacial score (nSPS) is 20.0. The monoisotopic (exact) mass is 229 g/mol. The van der Waals surface area contributed by atoms with E-state index >= 15 is 0 Å². The SMILES string of the molecule is CCC(CC)CC(N)CSC1CCCC1. The molecule has 0 aromatic carbocycles. The number of thioether (sulfide) groups is 1. The molecular weight excluding hydrogens is 202 g/mol. The van der Waals surface area contributed by atoms with E-state index in [4.69, 9.17) is 5.73 Å². The van der Waals surface area contributed by atoms with E-state index < -0.39 is 0 Å². The maximum absolute atomic E-state index is 6.18. The summed E-state index contributed by atoms with van der Waals surface area (Å²) in [5, 5.41) is 0.928. The molecule has 0 spiro atoms. The summed E-state index contributed by atoms with van der Waals surface area (Å²) in [7, 11) is 0. The fraction of sp³-hybridized carbons (Fsp3) is 1.00. The summed E-state index contributed by atoms with van der Waals surface area (Å²) in [6.07, 6.45) is 9.56. The average molecular weight is 229 g/mol. The van der Waals surface area contributed by atoms with Gasteiger partial charge in [0.2, 0.25) is 0 Å². The zero-order valence-electron chi connectivity index (χ0n) is 10.4.